The Morgan fingerprint density at radius 1 is 0.500 bits per heavy atom. The van der Waals surface area contributed by atoms with Crippen molar-refractivity contribution in [3.8, 4) is 0 Å². The fourth-order valence-electron chi connectivity index (χ4n) is 2.67. The van der Waals surface area contributed by atoms with Gasteiger partial charge in [0.2, 0.25) is 0 Å². The first-order valence-electron chi connectivity index (χ1n) is 10.1. The van der Waals surface area contributed by atoms with Gasteiger partial charge in [0.15, 0.2) is 0 Å². The van der Waals surface area contributed by atoms with E-state index in [2.05, 4.69) is 0 Å². The van der Waals surface area contributed by atoms with Crippen LogP contribution < -0.4 is 0 Å². The van der Waals surface area contributed by atoms with Gasteiger partial charge in [-0.1, -0.05) is 13.3 Å². The molecule has 26 heteroatoms. The third kappa shape index (κ3) is 5.22. The topological polar surface area (TPSA) is 57.6 Å². The predicted octanol–water partition coefficient (Wildman–Crippen LogP) is 6.65. The zero-order valence-electron chi connectivity index (χ0n) is 19.6. The summed E-state index contributed by atoms with van der Waals surface area (Å²) in [5.74, 6) is -72.4. The monoisotopic (exact) mass is 699 g/mol. The van der Waals surface area contributed by atoms with Crippen molar-refractivity contribution in [1.82, 2.24) is 4.31 Å². The predicted molar refractivity (Wildman–Crippen MR) is 93.1 cm³/mol. The molecule has 0 saturated heterocycles. The van der Waals surface area contributed by atoms with Gasteiger partial charge in [-0.05, 0) is 6.42 Å². The molecule has 0 aliphatic rings. The summed E-state index contributed by atoms with van der Waals surface area (Å²) < 4.78 is 305. The lowest BCUT2D eigenvalue weighted by atomic mass is 9.87. The van der Waals surface area contributed by atoms with Crippen molar-refractivity contribution in [3.63, 3.8) is 0 Å². The maximum atomic E-state index is 14.2. The number of aliphatic hydroxyl groups is 1. The van der Waals surface area contributed by atoms with Crippen molar-refractivity contribution in [2.24, 2.45) is 0 Å². The summed E-state index contributed by atoms with van der Waals surface area (Å²) in [6.45, 7) is -3.61. The van der Waals surface area contributed by atoms with Crippen LogP contribution in [0.2, 0.25) is 0 Å². The Balaban J connectivity index is 7.28. The zero-order chi connectivity index (χ0) is 34.6. The van der Waals surface area contributed by atoms with Crippen molar-refractivity contribution >= 4 is 10.0 Å². The van der Waals surface area contributed by atoms with E-state index in [-0.39, 0.29) is 6.42 Å². The molecule has 42 heavy (non-hydrogen) atoms. The first-order chi connectivity index (χ1) is 18.0. The van der Waals surface area contributed by atoms with E-state index in [1.54, 1.807) is 0 Å². The molecule has 0 aliphatic heterocycles. The Morgan fingerprint density at radius 3 is 1.05 bits per heavy atom. The van der Waals surface area contributed by atoms with E-state index in [0.29, 0.717) is 0 Å². The molecule has 0 aromatic heterocycles. The number of hydrogen-bond donors (Lipinski definition) is 1. The van der Waals surface area contributed by atoms with Crippen LogP contribution in [0, 0.1) is 0 Å². The molecule has 0 radical (unpaired) electrons. The standard InChI is InChI=1S/C16H14F21NO3S/c1-2-3-4-38(5-6-39)42(40,41)16(36,37)14(31,32)12(27,28)10(23,24)8(19,20)7(17,18)9(21,22)11(25,26)13(29,30)15(33,34)35/h39H,2-6H2,1H3. The quantitative estimate of drug-likeness (QED) is 0.195. The van der Waals surface area contributed by atoms with Crippen LogP contribution in [-0.4, -0.2) is 96.3 Å². The van der Waals surface area contributed by atoms with Crippen LogP contribution in [0.1, 0.15) is 19.8 Å². The van der Waals surface area contributed by atoms with Gasteiger partial charge in [-0.3, -0.25) is 0 Å². The average Bonchev–Trinajstić information content (AvgIpc) is 2.79. The summed E-state index contributed by atoms with van der Waals surface area (Å²) in [6.07, 6.45) is -8.97. The van der Waals surface area contributed by atoms with Gasteiger partial charge in [0.05, 0.1) is 6.61 Å². The number of nitrogens with zero attached hydrogens (tertiary/aromatic N) is 1. The molecule has 0 bridgehead atoms. The molecule has 0 aliphatic carbocycles. The SMILES string of the molecule is CCCCN(CCO)S(=O)(=O)C(F)(F)C(F)(F)C(F)(F)C(F)(F)C(F)(F)C(F)(F)C(F)(F)C(F)(F)C(F)(F)C(F)(F)F. The largest absolute Gasteiger partial charge is 0.460 e. The van der Waals surface area contributed by atoms with Gasteiger partial charge in [-0.15, -0.1) is 0 Å². The van der Waals surface area contributed by atoms with Crippen LogP contribution in [0.25, 0.3) is 0 Å². The minimum absolute atomic E-state index is 0.235. The van der Waals surface area contributed by atoms with Gasteiger partial charge >= 0.3 is 58.8 Å². The van der Waals surface area contributed by atoms with Crippen LogP contribution in [-0.2, 0) is 10.0 Å². The smallest absolute Gasteiger partial charge is 0.395 e. The molecule has 4 nitrogen and oxygen atoms in total. The Kier molecular flexibility index (Phi) is 10.7. The number of sulfonamides is 1. The second kappa shape index (κ2) is 11.1. The van der Waals surface area contributed by atoms with E-state index < -0.39 is 99.3 Å². The number of hydrogen-bond acceptors (Lipinski definition) is 3. The van der Waals surface area contributed by atoms with Gasteiger partial charge in [0.1, 0.15) is 0 Å². The Morgan fingerprint density at radius 2 is 0.786 bits per heavy atom. The maximum absolute atomic E-state index is 14.2. The molecular formula is C16H14F21NO3S. The number of unbranched alkanes of at least 4 members (excludes halogenated alkanes) is 1. The van der Waals surface area contributed by atoms with Crippen molar-refractivity contribution in [2.45, 2.75) is 78.6 Å². The van der Waals surface area contributed by atoms with Crippen molar-refractivity contribution in [1.29, 1.82) is 0 Å². The number of rotatable bonds is 15. The lowest BCUT2D eigenvalue weighted by Crippen LogP contribution is -2.77. The van der Waals surface area contributed by atoms with E-state index in [1.165, 1.54) is 0 Å². The lowest BCUT2D eigenvalue weighted by molar-refractivity contribution is -0.472. The van der Waals surface area contributed by atoms with E-state index in [9.17, 15) is 101 Å². The van der Waals surface area contributed by atoms with Gasteiger partial charge in [0.25, 0.3) is 10.0 Å². The molecule has 0 saturated carbocycles. The Labute approximate surface area is 219 Å². The third-order valence-corrected chi connectivity index (χ3v) is 7.21. The molecule has 0 heterocycles. The van der Waals surface area contributed by atoms with Gasteiger partial charge < -0.3 is 5.11 Å². The van der Waals surface area contributed by atoms with Crippen LogP contribution in [0.3, 0.4) is 0 Å². The molecule has 0 spiro atoms. The second-order valence-electron chi connectivity index (χ2n) is 8.09. The van der Waals surface area contributed by atoms with E-state index in [0.717, 1.165) is 6.92 Å². The Bertz CT molecular complexity index is 1050. The normalized spacial score (nSPS) is 16.4. The van der Waals surface area contributed by atoms with Crippen LogP contribution in [0.5, 0.6) is 0 Å². The molecule has 0 atom stereocenters. The van der Waals surface area contributed by atoms with Crippen molar-refractivity contribution in [3.05, 3.63) is 0 Å². The molecule has 0 fully saturated rings. The van der Waals surface area contributed by atoms with Crippen LogP contribution >= 0.6 is 0 Å². The molecular weight excluding hydrogens is 685 g/mol. The minimum Gasteiger partial charge on any atom is -0.395 e. The van der Waals surface area contributed by atoms with Gasteiger partial charge in [0, 0.05) is 13.1 Å². The maximum Gasteiger partial charge on any atom is 0.460 e. The van der Waals surface area contributed by atoms with E-state index in [1.807, 2.05) is 0 Å². The zero-order valence-corrected chi connectivity index (χ0v) is 20.4. The highest BCUT2D eigenvalue weighted by Gasteiger charge is 2.98. The van der Waals surface area contributed by atoms with E-state index >= 15 is 0 Å². The van der Waals surface area contributed by atoms with E-state index in [4.69, 9.17) is 5.11 Å². The molecule has 1 N–H and O–H groups in total. The summed E-state index contributed by atoms with van der Waals surface area (Å²) in [4.78, 5) is 0. The summed E-state index contributed by atoms with van der Waals surface area (Å²) >= 11 is 0. The third-order valence-electron chi connectivity index (χ3n) is 5.26. The van der Waals surface area contributed by atoms with Crippen molar-refractivity contribution < 1.29 is 106 Å². The number of alkyl halides is 21. The average molecular weight is 699 g/mol. The minimum atomic E-state index is -9.37. The highest BCUT2D eigenvalue weighted by Crippen LogP contribution is 2.66. The number of halogens is 21. The molecule has 0 aromatic carbocycles. The van der Waals surface area contributed by atoms with Crippen LogP contribution in [0.4, 0.5) is 92.2 Å². The Hall–Kier alpha value is -1.60. The highest BCUT2D eigenvalue weighted by atomic mass is 32.2. The molecule has 0 aromatic rings. The first kappa shape index (κ1) is 40.4. The van der Waals surface area contributed by atoms with Gasteiger partial charge in [-0.2, -0.15) is 96.5 Å². The van der Waals surface area contributed by atoms with Crippen LogP contribution in [0.15, 0.2) is 0 Å². The lowest BCUT2D eigenvalue weighted by Gasteiger charge is -2.44. The summed E-state index contributed by atoms with van der Waals surface area (Å²) in [5.41, 5.74) is 0. The molecule has 0 unspecified atom stereocenters. The number of aliphatic hydroxyl groups excluding tert-OH is 1. The fraction of sp³-hybridized carbons (Fsp3) is 1.00. The molecule has 254 valence electrons. The summed E-state index contributed by atoms with van der Waals surface area (Å²) in [7, 11) is -7.55. The summed E-state index contributed by atoms with van der Waals surface area (Å²) in [5, 5.41) is 0.835. The highest BCUT2D eigenvalue weighted by molar-refractivity contribution is 7.90. The first-order valence-corrected chi connectivity index (χ1v) is 11.5. The van der Waals surface area contributed by atoms with Gasteiger partial charge in [-0.25, -0.2) is 8.42 Å². The van der Waals surface area contributed by atoms with Crippen molar-refractivity contribution in [2.75, 3.05) is 19.7 Å². The summed E-state index contributed by atoms with van der Waals surface area (Å²) in [6, 6.07) is 0. The molecule has 0 amide bonds. The second-order valence-corrected chi connectivity index (χ2v) is 10.1. The fourth-order valence-corrected chi connectivity index (χ4v) is 4.13. The molecule has 0 rings (SSSR count).